The molecule has 0 nitrogen and oxygen atoms in total. The highest BCUT2D eigenvalue weighted by atomic mass is 19.4. The molecule has 0 fully saturated rings. The Kier molecular flexibility index (Phi) is 12.5. The van der Waals surface area contributed by atoms with Gasteiger partial charge in [0.15, 0.2) is 0 Å². The molecule has 0 unspecified atom stereocenters. The predicted molar refractivity (Wildman–Crippen MR) is 386 cm³/mol. The van der Waals surface area contributed by atoms with E-state index in [4.69, 9.17) is 0 Å². The first-order chi connectivity index (χ1) is 45.8. The van der Waals surface area contributed by atoms with Gasteiger partial charge in [0, 0.05) is 0 Å². The second kappa shape index (κ2) is 21.2. The average Bonchev–Trinajstić information content (AvgIpc) is 0.699. The Balaban J connectivity index is 1.02. The number of benzene rings is 18. The van der Waals surface area contributed by atoms with E-state index in [9.17, 15) is 26.3 Å². The number of rotatable bonds is 8. The zero-order valence-corrected chi connectivity index (χ0v) is 50.3. The van der Waals surface area contributed by atoms with E-state index in [1.807, 2.05) is 0 Å². The van der Waals surface area contributed by atoms with E-state index >= 15 is 0 Å². The molecule has 0 amide bonds. The third-order valence-corrected chi connectivity index (χ3v) is 20.0. The maximum Gasteiger partial charge on any atom is 0.416 e. The maximum atomic E-state index is 14.7. The van der Waals surface area contributed by atoms with Crippen LogP contribution in [0.25, 0.3) is 141 Å². The predicted octanol–water partition coefficient (Wildman–Crippen LogP) is 20.2. The van der Waals surface area contributed by atoms with Crippen LogP contribution in [0.5, 0.6) is 0 Å². The van der Waals surface area contributed by atoms with Crippen molar-refractivity contribution in [1.29, 1.82) is 0 Å². The van der Waals surface area contributed by atoms with E-state index < -0.39 is 36.9 Å². The second-order valence-corrected chi connectivity index (χ2v) is 25.2. The van der Waals surface area contributed by atoms with E-state index in [2.05, 4.69) is 255 Å². The van der Waals surface area contributed by atoms with Gasteiger partial charge in [-0.2, -0.15) is 26.3 Å². The van der Waals surface area contributed by atoms with Gasteiger partial charge < -0.3 is 0 Å². The largest absolute Gasteiger partial charge is 0.416 e. The molecule has 18 aromatic rings. The molecule has 0 saturated heterocycles. The molecular formula is C86H50B2F6. The molecular weight excluding hydrogens is 1170 g/mol. The van der Waals surface area contributed by atoms with Crippen molar-refractivity contribution in [3.63, 3.8) is 0 Å². The Morgan fingerprint density at radius 2 is 0.436 bits per heavy atom. The topological polar surface area (TPSA) is 0 Å². The fourth-order valence-electron chi connectivity index (χ4n) is 15.7. The average molecular weight is 1220 g/mol. The number of hydrogen-bond acceptors (Lipinski definition) is 0. The first-order valence-corrected chi connectivity index (χ1v) is 31.6. The van der Waals surface area contributed by atoms with Crippen LogP contribution in [-0.2, 0) is 12.4 Å². The molecule has 0 atom stereocenters. The number of halogens is 6. The minimum absolute atomic E-state index is 0.481. The van der Waals surface area contributed by atoms with Crippen LogP contribution in [0.3, 0.4) is 0 Å². The van der Waals surface area contributed by atoms with Crippen LogP contribution >= 0.6 is 0 Å². The van der Waals surface area contributed by atoms with E-state index in [1.165, 1.54) is 24.3 Å². The molecule has 8 heteroatoms. The molecule has 0 spiro atoms. The minimum Gasteiger partial charge on any atom is -0.166 e. The van der Waals surface area contributed by atoms with Crippen molar-refractivity contribution in [2.24, 2.45) is 0 Å². The molecule has 0 aliphatic carbocycles. The summed E-state index contributed by atoms with van der Waals surface area (Å²) in [7, 11) is 0. The zero-order chi connectivity index (χ0) is 63.1. The maximum absolute atomic E-state index is 14.7. The summed E-state index contributed by atoms with van der Waals surface area (Å²) >= 11 is 0. The van der Waals surface area contributed by atoms with Gasteiger partial charge in [-0.3, -0.25) is 0 Å². The standard InChI is InChI=1S/C86H50B2F6/c89-85(90,91)65-33-29-51(30-34-65)71-49-81(87(77-25-9-21-61-41-53-13-1-5-17-57(53)45-73(61)77)78-26-10-22-62-42-54-14-2-6-18-58(54)46-74(62)78)69-39-37-68-72(52-31-35-66(36-32-52)86(92,93)94)50-82(70-40-38-67(71)83(69)84(68)70)88(79-27-11-23-63-43-55-15-3-7-19-59(55)47-75(63)79)80-28-12-24-64-44-56-16-4-8-20-60(56)48-76(64)80/h1-50H. The number of alkyl halides is 6. The Morgan fingerprint density at radius 1 is 0.191 bits per heavy atom. The highest BCUT2D eigenvalue weighted by Crippen LogP contribution is 2.44. The minimum atomic E-state index is -4.58. The molecule has 94 heavy (non-hydrogen) atoms. The molecule has 0 aromatic heterocycles. The summed E-state index contributed by atoms with van der Waals surface area (Å²) in [6.45, 7) is -0.963. The lowest BCUT2D eigenvalue weighted by Crippen LogP contribution is -2.53. The van der Waals surface area contributed by atoms with Crippen molar-refractivity contribution in [3.8, 4) is 22.3 Å². The zero-order valence-electron chi connectivity index (χ0n) is 50.3. The lowest BCUT2D eigenvalue weighted by molar-refractivity contribution is -0.138. The Bertz CT molecular complexity index is 5540. The summed E-state index contributed by atoms with van der Waals surface area (Å²) < 4.78 is 88.2. The van der Waals surface area contributed by atoms with Crippen LogP contribution < -0.4 is 32.8 Å². The fourth-order valence-corrected chi connectivity index (χ4v) is 15.7. The van der Waals surface area contributed by atoms with Gasteiger partial charge in [-0.25, -0.2) is 0 Å². The van der Waals surface area contributed by atoms with Gasteiger partial charge >= 0.3 is 12.4 Å². The molecule has 0 bridgehead atoms. The van der Waals surface area contributed by atoms with E-state index in [0.29, 0.717) is 11.1 Å². The SMILES string of the molecule is FC(F)(F)c1ccc(-c2cc(B(c3cccc4cc5ccccc5cc34)c3cccc4cc5ccccc5cc34)c3ccc4c(-c5ccc(C(F)(F)F)cc5)cc(B(c5cccc6cc7ccccc7cc56)c5cccc6cc7ccccc7cc56)c5ccc2c3c54)cc1. The van der Waals surface area contributed by atoms with E-state index in [0.717, 1.165) is 162 Å². The molecule has 18 aromatic carbocycles. The molecule has 442 valence electrons. The molecule has 0 radical (unpaired) electrons. The van der Waals surface area contributed by atoms with E-state index in [1.54, 1.807) is 24.3 Å². The van der Waals surface area contributed by atoms with Crippen molar-refractivity contribution in [3.05, 3.63) is 314 Å². The Labute approximate surface area is 537 Å². The lowest BCUT2D eigenvalue weighted by atomic mass is 9.34. The number of hydrogen-bond donors (Lipinski definition) is 0. The van der Waals surface area contributed by atoms with Crippen LogP contribution in [-0.4, -0.2) is 13.4 Å². The van der Waals surface area contributed by atoms with Gasteiger partial charge in [-0.15, -0.1) is 0 Å². The van der Waals surface area contributed by atoms with Crippen molar-refractivity contribution >= 4 is 165 Å². The first-order valence-electron chi connectivity index (χ1n) is 31.6. The van der Waals surface area contributed by atoms with Crippen LogP contribution in [0.4, 0.5) is 26.3 Å². The summed E-state index contributed by atoms with van der Waals surface area (Å²) in [5.41, 5.74) is 7.28. The Morgan fingerprint density at radius 3 is 0.702 bits per heavy atom. The summed E-state index contributed by atoms with van der Waals surface area (Å²) in [6.07, 6.45) is -9.16. The molecule has 18 rings (SSSR count). The van der Waals surface area contributed by atoms with Crippen LogP contribution in [0, 0.1) is 0 Å². The normalized spacial score (nSPS) is 12.4. The summed E-state index contributed by atoms with van der Waals surface area (Å²) in [5.74, 6) is 0. The molecule has 0 aliphatic rings. The molecule has 0 saturated carbocycles. The van der Waals surface area contributed by atoms with E-state index in [-0.39, 0.29) is 0 Å². The van der Waals surface area contributed by atoms with Crippen molar-refractivity contribution < 1.29 is 26.3 Å². The van der Waals surface area contributed by atoms with Gasteiger partial charge in [0.2, 0.25) is 13.4 Å². The van der Waals surface area contributed by atoms with Crippen molar-refractivity contribution in [2.45, 2.75) is 12.4 Å². The van der Waals surface area contributed by atoms with Crippen LogP contribution in [0.1, 0.15) is 11.1 Å². The molecule has 0 heterocycles. The quantitative estimate of drug-likeness (QED) is 0.0616. The second-order valence-electron chi connectivity index (χ2n) is 25.2. The summed E-state index contributed by atoms with van der Waals surface area (Å²) in [4.78, 5) is 0. The fraction of sp³-hybridized carbons (Fsp3) is 0.0233. The van der Waals surface area contributed by atoms with Gasteiger partial charge in [-0.05, 0) is 214 Å². The van der Waals surface area contributed by atoms with Crippen LogP contribution in [0.2, 0.25) is 0 Å². The van der Waals surface area contributed by atoms with Crippen molar-refractivity contribution in [1.82, 2.24) is 0 Å². The van der Waals surface area contributed by atoms with Gasteiger partial charge in [-0.1, -0.05) is 263 Å². The first kappa shape index (κ1) is 55.6. The molecule has 0 N–H and O–H groups in total. The number of fused-ring (bicyclic) bond motifs is 8. The third-order valence-electron chi connectivity index (χ3n) is 20.0. The highest BCUT2D eigenvalue weighted by Gasteiger charge is 2.35. The lowest BCUT2D eigenvalue weighted by Gasteiger charge is -2.27. The van der Waals surface area contributed by atoms with Gasteiger partial charge in [0.25, 0.3) is 0 Å². The Hall–Kier alpha value is -11.2. The van der Waals surface area contributed by atoms with Crippen molar-refractivity contribution in [2.75, 3.05) is 0 Å². The monoisotopic (exact) mass is 1220 g/mol. The summed E-state index contributed by atoms with van der Waals surface area (Å²) in [5, 5.41) is 22.6. The van der Waals surface area contributed by atoms with Gasteiger partial charge in [0.1, 0.15) is 0 Å². The smallest absolute Gasteiger partial charge is 0.166 e. The molecule has 0 aliphatic heterocycles. The summed E-state index contributed by atoms with van der Waals surface area (Å²) in [6, 6.07) is 102. The highest BCUT2D eigenvalue weighted by molar-refractivity contribution is 7.00. The van der Waals surface area contributed by atoms with Gasteiger partial charge in [0.05, 0.1) is 11.1 Å². The van der Waals surface area contributed by atoms with Crippen LogP contribution in [0.15, 0.2) is 303 Å². The third kappa shape index (κ3) is 9.02.